The maximum atomic E-state index is 11.1. The van der Waals surface area contributed by atoms with Gasteiger partial charge < -0.3 is 20.1 Å². The lowest BCUT2D eigenvalue weighted by Gasteiger charge is -2.27. The SMILES string of the molecule is O=[N+]([O-])c1cccc(Nc2nc(N/N=C/c3cc([N+](=O)[O-])ccc3O)nc(N3CCOCC3)n2)c1. The Morgan fingerprint density at radius 2 is 1.71 bits per heavy atom. The van der Waals surface area contributed by atoms with E-state index in [1.807, 2.05) is 4.90 Å². The van der Waals surface area contributed by atoms with Crippen molar-refractivity contribution in [3.8, 4) is 5.75 Å². The fourth-order valence-corrected chi connectivity index (χ4v) is 3.12. The molecule has 15 heteroatoms. The largest absolute Gasteiger partial charge is 0.507 e. The standard InChI is InChI=1S/C20H19N9O6/c30-17-5-4-16(29(33)34)10-13(17)12-21-26-19-23-18(22-14-2-1-3-15(11-14)28(31)32)24-20(25-19)27-6-8-35-9-7-27/h1-5,10-12,30H,6-9H2,(H2,22,23,24,25,26)/b21-12+. The van der Waals surface area contributed by atoms with Gasteiger partial charge in [0.2, 0.25) is 17.8 Å². The Bertz CT molecular complexity index is 1280. The summed E-state index contributed by atoms with van der Waals surface area (Å²) < 4.78 is 5.36. The fraction of sp³-hybridized carbons (Fsp3) is 0.200. The number of nitro groups is 2. The van der Waals surface area contributed by atoms with Gasteiger partial charge in [0, 0.05) is 48.6 Å². The zero-order valence-electron chi connectivity index (χ0n) is 18.1. The second-order valence-corrected chi connectivity index (χ2v) is 7.18. The predicted molar refractivity (Wildman–Crippen MR) is 125 cm³/mol. The number of nitro benzene ring substituents is 2. The van der Waals surface area contributed by atoms with E-state index in [9.17, 15) is 25.3 Å². The van der Waals surface area contributed by atoms with Gasteiger partial charge in [-0.1, -0.05) is 6.07 Å². The third kappa shape index (κ3) is 5.91. The average molecular weight is 481 g/mol. The van der Waals surface area contributed by atoms with Crippen LogP contribution in [0.2, 0.25) is 0 Å². The fourth-order valence-electron chi connectivity index (χ4n) is 3.12. The number of phenolic OH excluding ortho intramolecular Hbond substituents is 1. The number of nitrogens with zero attached hydrogens (tertiary/aromatic N) is 7. The lowest BCUT2D eigenvalue weighted by atomic mass is 10.2. The summed E-state index contributed by atoms with van der Waals surface area (Å²) in [7, 11) is 0. The van der Waals surface area contributed by atoms with E-state index >= 15 is 0 Å². The van der Waals surface area contributed by atoms with Crippen molar-refractivity contribution in [2.45, 2.75) is 0 Å². The van der Waals surface area contributed by atoms with Gasteiger partial charge in [-0.25, -0.2) is 5.43 Å². The first-order chi connectivity index (χ1) is 16.9. The topological polar surface area (TPSA) is 194 Å². The molecule has 35 heavy (non-hydrogen) atoms. The van der Waals surface area contributed by atoms with Gasteiger partial charge in [0.15, 0.2) is 0 Å². The van der Waals surface area contributed by atoms with Crippen LogP contribution in [0.4, 0.5) is 34.9 Å². The molecule has 3 aromatic rings. The van der Waals surface area contributed by atoms with Crippen LogP contribution in [0.1, 0.15) is 5.56 Å². The Hall–Kier alpha value is -4.92. The smallest absolute Gasteiger partial charge is 0.271 e. The number of rotatable bonds is 8. The van der Waals surface area contributed by atoms with Crippen molar-refractivity contribution in [3.63, 3.8) is 0 Å². The molecule has 1 aliphatic rings. The third-order valence-corrected chi connectivity index (χ3v) is 4.82. The molecule has 15 nitrogen and oxygen atoms in total. The van der Waals surface area contributed by atoms with Gasteiger partial charge in [-0.2, -0.15) is 20.1 Å². The molecule has 0 unspecified atom stereocenters. The second-order valence-electron chi connectivity index (χ2n) is 7.18. The number of aromatic nitrogens is 3. The van der Waals surface area contributed by atoms with Crippen molar-refractivity contribution in [2.24, 2.45) is 5.10 Å². The summed E-state index contributed by atoms with van der Waals surface area (Å²) in [5, 5.41) is 38.9. The number of anilines is 4. The first kappa shape index (κ1) is 23.2. The molecule has 1 saturated heterocycles. The number of hydrogen-bond acceptors (Lipinski definition) is 13. The van der Waals surface area contributed by atoms with Crippen molar-refractivity contribution in [1.82, 2.24) is 15.0 Å². The molecular weight excluding hydrogens is 462 g/mol. The molecule has 3 N–H and O–H groups in total. The summed E-state index contributed by atoms with van der Waals surface area (Å²) in [5.41, 5.74) is 2.83. The number of phenols is 1. The molecule has 0 aliphatic carbocycles. The highest BCUT2D eigenvalue weighted by molar-refractivity contribution is 5.84. The molecule has 0 spiro atoms. The number of hydrogen-bond donors (Lipinski definition) is 3. The maximum absolute atomic E-state index is 11.1. The number of nitrogens with one attached hydrogen (secondary N) is 2. The molecule has 0 amide bonds. The van der Waals surface area contributed by atoms with Crippen LogP contribution in [0.3, 0.4) is 0 Å². The van der Waals surface area contributed by atoms with Crippen LogP contribution in [0.15, 0.2) is 47.6 Å². The summed E-state index contributed by atoms with van der Waals surface area (Å²) in [6.45, 7) is 2.08. The van der Waals surface area contributed by atoms with Gasteiger partial charge in [0.25, 0.3) is 11.4 Å². The second kappa shape index (κ2) is 10.3. The van der Waals surface area contributed by atoms with Crippen molar-refractivity contribution in [3.05, 3.63) is 68.3 Å². The maximum Gasteiger partial charge on any atom is 0.271 e. The average Bonchev–Trinajstić information content (AvgIpc) is 2.85. The van der Waals surface area contributed by atoms with Gasteiger partial charge >= 0.3 is 0 Å². The molecule has 1 aliphatic heterocycles. The Kier molecular flexibility index (Phi) is 6.87. The highest BCUT2D eigenvalue weighted by atomic mass is 16.6. The first-order valence-corrected chi connectivity index (χ1v) is 10.3. The Balaban J connectivity index is 1.60. The quantitative estimate of drug-likeness (QED) is 0.242. The van der Waals surface area contributed by atoms with Crippen molar-refractivity contribution >= 4 is 41.1 Å². The van der Waals surface area contributed by atoms with Crippen LogP contribution in [0, 0.1) is 20.2 Å². The van der Waals surface area contributed by atoms with Crippen LogP contribution in [0.25, 0.3) is 0 Å². The minimum atomic E-state index is -0.587. The summed E-state index contributed by atoms with van der Waals surface area (Å²) in [6.07, 6.45) is 1.19. The lowest BCUT2D eigenvalue weighted by Crippen LogP contribution is -2.37. The molecule has 1 fully saturated rings. The highest BCUT2D eigenvalue weighted by Crippen LogP contribution is 2.23. The van der Waals surface area contributed by atoms with E-state index in [1.54, 1.807) is 6.07 Å². The summed E-state index contributed by atoms with van der Waals surface area (Å²) in [4.78, 5) is 35.8. The Labute approximate surface area is 197 Å². The number of morpholine rings is 1. The van der Waals surface area contributed by atoms with Gasteiger partial charge in [-0.3, -0.25) is 20.2 Å². The van der Waals surface area contributed by atoms with E-state index in [2.05, 4.69) is 30.8 Å². The molecule has 0 atom stereocenters. The van der Waals surface area contributed by atoms with Crippen LogP contribution in [-0.2, 0) is 4.74 Å². The third-order valence-electron chi connectivity index (χ3n) is 4.82. The number of benzene rings is 2. The minimum absolute atomic E-state index is 0.0376. The monoisotopic (exact) mass is 481 g/mol. The highest BCUT2D eigenvalue weighted by Gasteiger charge is 2.17. The van der Waals surface area contributed by atoms with E-state index in [0.29, 0.717) is 37.9 Å². The van der Waals surface area contributed by atoms with E-state index in [-0.39, 0.29) is 34.6 Å². The predicted octanol–water partition coefficient (Wildman–Crippen LogP) is 2.42. The molecule has 4 rings (SSSR count). The van der Waals surface area contributed by atoms with E-state index < -0.39 is 9.85 Å². The van der Waals surface area contributed by atoms with Crippen LogP contribution < -0.4 is 15.6 Å². The van der Waals surface area contributed by atoms with Crippen LogP contribution in [-0.4, -0.2) is 62.4 Å². The number of hydrazone groups is 1. The van der Waals surface area contributed by atoms with Crippen LogP contribution >= 0.6 is 0 Å². The van der Waals surface area contributed by atoms with Gasteiger partial charge in [0.05, 0.1) is 29.3 Å². The normalized spacial score (nSPS) is 13.5. The molecule has 0 radical (unpaired) electrons. The Morgan fingerprint density at radius 3 is 2.46 bits per heavy atom. The van der Waals surface area contributed by atoms with Gasteiger partial charge in [0.1, 0.15) is 5.75 Å². The number of ether oxygens (including phenoxy) is 1. The molecule has 0 saturated carbocycles. The van der Waals surface area contributed by atoms with Crippen molar-refractivity contribution in [2.75, 3.05) is 41.9 Å². The molecular formula is C20H19N9O6. The zero-order chi connectivity index (χ0) is 24.8. The molecule has 2 heterocycles. The summed E-state index contributed by atoms with van der Waals surface area (Å²) >= 11 is 0. The van der Waals surface area contributed by atoms with Gasteiger partial charge in [-0.15, -0.1) is 0 Å². The molecule has 2 aromatic carbocycles. The van der Waals surface area contributed by atoms with Crippen molar-refractivity contribution < 1.29 is 19.7 Å². The molecule has 0 bridgehead atoms. The zero-order valence-corrected chi connectivity index (χ0v) is 18.1. The molecule has 1 aromatic heterocycles. The van der Waals surface area contributed by atoms with E-state index in [0.717, 1.165) is 0 Å². The first-order valence-electron chi connectivity index (χ1n) is 10.3. The molecule has 180 valence electrons. The van der Waals surface area contributed by atoms with E-state index in [4.69, 9.17) is 4.74 Å². The van der Waals surface area contributed by atoms with E-state index in [1.165, 1.54) is 42.6 Å². The van der Waals surface area contributed by atoms with Gasteiger partial charge in [-0.05, 0) is 12.1 Å². The number of non-ortho nitro benzene ring substituents is 2. The lowest BCUT2D eigenvalue weighted by molar-refractivity contribution is -0.385. The Morgan fingerprint density at radius 1 is 1.00 bits per heavy atom. The van der Waals surface area contributed by atoms with Crippen LogP contribution in [0.5, 0.6) is 5.75 Å². The van der Waals surface area contributed by atoms with Crippen molar-refractivity contribution in [1.29, 1.82) is 0 Å². The minimum Gasteiger partial charge on any atom is -0.507 e. The number of aromatic hydroxyl groups is 1. The summed E-state index contributed by atoms with van der Waals surface area (Å²) in [6, 6.07) is 9.40. The summed E-state index contributed by atoms with van der Waals surface area (Å²) in [5.74, 6) is 0.277.